The Labute approximate surface area is 136 Å². The Morgan fingerprint density at radius 3 is 2.36 bits per heavy atom. The molecule has 0 aliphatic carbocycles. The van der Waals surface area contributed by atoms with E-state index in [4.69, 9.17) is 0 Å². The first-order valence-corrected chi connectivity index (χ1v) is 8.17. The van der Waals surface area contributed by atoms with Crippen LogP contribution in [0.25, 0.3) is 0 Å². The van der Waals surface area contributed by atoms with Gasteiger partial charge in [0.05, 0.1) is 0 Å². The molecule has 22 heavy (non-hydrogen) atoms. The molecule has 1 rings (SSSR count). The third-order valence-electron chi connectivity index (χ3n) is 3.75. The van der Waals surface area contributed by atoms with Crippen LogP contribution in [-0.2, 0) is 6.42 Å². The summed E-state index contributed by atoms with van der Waals surface area (Å²) in [4.78, 5) is 6.59. The molecule has 0 amide bonds. The zero-order chi connectivity index (χ0) is 16.4. The third kappa shape index (κ3) is 7.46. The smallest absolute Gasteiger partial charge is 0.191 e. The number of nitrogens with one attached hydrogen (secondary N) is 2. The van der Waals surface area contributed by atoms with Crippen molar-refractivity contribution < 1.29 is 0 Å². The Morgan fingerprint density at radius 2 is 1.82 bits per heavy atom. The first-order chi connectivity index (χ1) is 10.5. The topological polar surface area (TPSA) is 39.7 Å². The lowest BCUT2D eigenvalue weighted by molar-refractivity contribution is 0.254. The van der Waals surface area contributed by atoms with Crippen LogP contribution in [0.5, 0.6) is 0 Å². The second-order valence-electron chi connectivity index (χ2n) is 6.36. The van der Waals surface area contributed by atoms with Crippen LogP contribution in [0.1, 0.15) is 25.8 Å². The lowest BCUT2D eigenvalue weighted by Gasteiger charge is -2.27. The first kappa shape index (κ1) is 18.5. The van der Waals surface area contributed by atoms with E-state index in [1.165, 1.54) is 12.0 Å². The van der Waals surface area contributed by atoms with Gasteiger partial charge in [-0.1, -0.05) is 44.2 Å². The van der Waals surface area contributed by atoms with E-state index in [-0.39, 0.29) is 0 Å². The van der Waals surface area contributed by atoms with Crippen LogP contribution < -0.4 is 10.6 Å². The van der Waals surface area contributed by atoms with E-state index in [0.717, 1.165) is 25.5 Å². The van der Waals surface area contributed by atoms with E-state index in [1.807, 2.05) is 13.1 Å². The predicted octanol–water partition coefficient (Wildman–Crippen LogP) is 2.37. The molecule has 2 N–H and O–H groups in total. The molecule has 0 aliphatic rings. The standard InChI is InChI=1S/C18H32N4/c1-15(2)13-17(22(4)5)14-21-18(19-3)20-12-11-16-9-7-6-8-10-16/h6-10,15,17H,11-14H2,1-5H3,(H2,19,20,21). The van der Waals surface area contributed by atoms with Crippen LogP contribution >= 0.6 is 0 Å². The SMILES string of the molecule is CN=C(NCCc1ccccc1)NCC(CC(C)C)N(C)C. The van der Waals surface area contributed by atoms with Crippen molar-refractivity contribution in [2.24, 2.45) is 10.9 Å². The summed E-state index contributed by atoms with van der Waals surface area (Å²) in [6.45, 7) is 6.34. The van der Waals surface area contributed by atoms with E-state index in [9.17, 15) is 0 Å². The van der Waals surface area contributed by atoms with Gasteiger partial charge in [0, 0.05) is 26.2 Å². The molecule has 1 aromatic carbocycles. The van der Waals surface area contributed by atoms with Crippen LogP contribution in [-0.4, -0.2) is 51.1 Å². The van der Waals surface area contributed by atoms with Gasteiger partial charge in [-0.25, -0.2) is 0 Å². The van der Waals surface area contributed by atoms with Crippen LogP contribution in [0.15, 0.2) is 35.3 Å². The maximum atomic E-state index is 4.31. The Morgan fingerprint density at radius 1 is 1.14 bits per heavy atom. The lowest BCUT2D eigenvalue weighted by atomic mass is 10.0. The molecule has 0 aliphatic heterocycles. The largest absolute Gasteiger partial charge is 0.356 e. The molecule has 0 saturated carbocycles. The van der Waals surface area contributed by atoms with Gasteiger partial charge in [0.25, 0.3) is 0 Å². The van der Waals surface area contributed by atoms with Crippen LogP contribution in [0, 0.1) is 5.92 Å². The van der Waals surface area contributed by atoms with Gasteiger partial charge in [0.1, 0.15) is 0 Å². The van der Waals surface area contributed by atoms with E-state index in [2.05, 4.69) is 72.7 Å². The molecule has 0 aromatic heterocycles. The molecule has 0 saturated heterocycles. The van der Waals surface area contributed by atoms with Crippen LogP contribution in [0.2, 0.25) is 0 Å². The van der Waals surface area contributed by atoms with Crippen molar-refractivity contribution in [2.75, 3.05) is 34.2 Å². The third-order valence-corrected chi connectivity index (χ3v) is 3.75. The second kappa shape index (κ2) is 10.2. The number of nitrogens with zero attached hydrogens (tertiary/aromatic N) is 2. The number of benzene rings is 1. The van der Waals surface area contributed by atoms with Crippen molar-refractivity contribution in [2.45, 2.75) is 32.7 Å². The molecule has 0 spiro atoms. The fourth-order valence-electron chi connectivity index (χ4n) is 2.43. The maximum Gasteiger partial charge on any atom is 0.191 e. The van der Waals surface area contributed by atoms with Crippen molar-refractivity contribution in [3.8, 4) is 0 Å². The number of aliphatic imine (C=N–C) groups is 1. The number of rotatable bonds is 8. The predicted molar refractivity (Wildman–Crippen MR) is 96.4 cm³/mol. The molecule has 1 atom stereocenters. The van der Waals surface area contributed by atoms with Crippen LogP contribution in [0.4, 0.5) is 0 Å². The number of hydrogen-bond acceptors (Lipinski definition) is 2. The zero-order valence-corrected chi connectivity index (χ0v) is 14.8. The minimum Gasteiger partial charge on any atom is -0.356 e. The first-order valence-electron chi connectivity index (χ1n) is 8.17. The Hall–Kier alpha value is -1.55. The summed E-state index contributed by atoms with van der Waals surface area (Å²) in [5.74, 6) is 1.58. The number of hydrogen-bond donors (Lipinski definition) is 2. The summed E-state index contributed by atoms with van der Waals surface area (Å²) in [7, 11) is 6.10. The van der Waals surface area contributed by atoms with Crippen molar-refractivity contribution in [1.82, 2.24) is 15.5 Å². The maximum absolute atomic E-state index is 4.31. The number of likely N-dealkylation sites (N-methyl/N-ethyl adjacent to an activating group) is 1. The van der Waals surface area contributed by atoms with Crippen molar-refractivity contribution in [3.05, 3.63) is 35.9 Å². The van der Waals surface area contributed by atoms with Gasteiger partial charge in [-0.05, 0) is 38.4 Å². The minimum atomic E-state index is 0.521. The van der Waals surface area contributed by atoms with Gasteiger partial charge >= 0.3 is 0 Å². The summed E-state index contributed by atoms with van der Waals surface area (Å²) in [6, 6.07) is 11.0. The molecule has 0 radical (unpaired) electrons. The molecule has 4 heteroatoms. The summed E-state index contributed by atoms with van der Waals surface area (Å²) in [5.41, 5.74) is 1.34. The van der Waals surface area contributed by atoms with Gasteiger partial charge in [0.2, 0.25) is 0 Å². The van der Waals surface area contributed by atoms with Crippen molar-refractivity contribution in [3.63, 3.8) is 0 Å². The highest BCUT2D eigenvalue weighted by Crippen LogP contribution is 2.08. The highest BCUT2D eigenvalue weighted by Gasteiger charge is 2.13. The normalized spacial score (nSPS) is 13.5. The Balaban J connectivity index is 2.35. The quantitative estimate of drug-likeness (QED) is 0.572. The van der Waals surface area contributed by atoms with Gasteiger partial charge < -0.3 is 15.5 Å². The average Bonchev–Trinajstić information content (AvgIpc) is 2.49. The Kier molecular flexibility index (Phi) is 8.60. The fourth-order valence-corrected chi connectivity index (χ4v) is 2.43. The lowest BCUT2D eigenvalue weighted by Crippen LogP contribution is -2.45. The average molecular weight is 304 g/mol. The van der Waals surface area contributed by atoms with E-state index < -0.39 is 0 Å². The van der Waals surface area contributed by atoms with Gasteiger partial charge in [0.15, 0.2) is 5.96 Å². The summed E-state index contributed by atoms with van der Waals surface area (Å²) in [5, 5.41) is 6.83. The number of guanidine groups is 1. The minimum absolute atomic E-state index is 0.521. The monoisotopic (exact) mass is 304 g/mol. The summed E-state index contributed by atoms with van der Waals surface area (Å²) < 4.78 is 0. The zero-order valence-electron chi connectivity index (χ0n) is 14.8. The van der Waals surface area contributed by atoms with E-state index in [1.54, 1.807) is 0 Å². The molecule has 124 valence electrons. The molecule has 1 unspecified atom stereocenters. The van der Waals surface area contributed by atoms with Crippen molar-refractivity contribution >= 4 is 5.96 Å². The molecular weight excluding hydrogens is 272 g/mol. The molecule has 0 fully saturated rings. The van der Waals surface area contributed by atoms with Gasteiger partial charge in [-0.2, -0.15) is 0 Å². The summed E-state index contributed by atoms with van der Waals surface area (Å²) in [6.07, 6.45) is 2.19. The highest BCUT2D eigenvalue weighted by molar-refractivity contribution is 5.79. The second-order valence-corrected chi connectivity index (χ2v) is 6.36. The molecule has 1 aromatic rings. The van der Waals surface area contributed by atoms with Gasteiger partial charge in [-0.3, -0.25) is 4.99 Å². The summed E-state index contributed by atoms with van der Waals surface area (Å²) >= 11 is 0. The molecular formula is C18H32N4. The van der Waals surface area contributed by atoms with E-state index in [0.29, 0.717) is 12.0 Å². The fraction of sp³-hybridized carbons (Fsp3) is 0.611. The molecule has 4 nitrogen and oxygen atoms in total. The molecule has 0 heterocycles. The Bertz CT molecular complexity index is 426. The molecule has 0 bridgehead atoms. The van der Waals surface area contributed by atoms with Crippen molar-refractivity contribution in [1.29, 1.82) is 0 Å². The van der Waals surface area contributed by atoms with E-state index >= 15 is 0 Å². The highest BCUT2D eigenvalue weighted by atomic mass is 15.2. The van der Waals surface area contributed by atoms with Gasteiger partial charge in [-0.15, -0.1) is 0 Å². The van der Waals surface area contributed by atoms with Crippen LogP contribution in [0.3, 0.4) is 0 Å².